The Balaban J connectivity index is 1.74. The second-order valence-electron chi connectivity index (χ2n) is 5.97. The molecule has 0 bridgehead atoms. The first-order valence-corrected chi connectivity index (χ1v) is 9.10. The van der Waals surface area contributed by atoms with Crippen LogP contribution in [0.15, 0.2) is 58.3 Å². The number of thioether (sulfide) groups is 1. The van der Waals surface area contributed by atoms with Crippen LogP contribution in [0.5, 0.6) is 0 Å². The fourth-order valence-corrected chi connectivity index (χ4v) is 3.78. The number of fused-ring (bicyclic) bond motifs is 1. The molecule has 0 saturated carbocycles. The lowest BCUT2D eigenvalue weighted by Gasteiger charge is -2.11. The first-order valence-electron chi connectivity index (χ1n) is 8.11. The molecule has 1 aliphatic rings. The zero-order valence-electron chi connectivity index (χ0n) is 14.3. The Morgan fingerprint density at radius 1 is 1.08 bits per heavy atom. The van der Waals surface area contributed by atoms with Crippen LogP contribution in [0.3, 0.4) is 0 Å². The Morgan fingerprint density at radius 2 is 1.81 bits per heavy atom. The Morgan fingerprint density at radius 3 is 2.50 bits per heavy atom. The zero-order chi connectivity index (χ0) is 18.3. The van der Waals surface area contributed by atoms with E-state index in [1.54, 1.807) is 22.6 Å². The third-order valence-electron chi connectivity index (χ3n) is 4.26. The van der Waals surface area contributed by atoms with Crippen LogP contribution >= 0.6 is 11.8 Å². The van der Waals surface area contributed by atoms with Crippen molar-refractivity contribution in [1.29, 1.82) is 0 Å². The monoisotopic (exact) mass is 364 g/mol. The van der Waals surface area contributed by atoms with Crippen molar-refractivity contribution >= 4 is 39.4 Å². The molecule has 2 heterocycles. The molecule has 1 aromatic heterocycles. The summed E-state index contributed by atoms with van der Waals surface area (Å²) in [5, 5.41) is 1.27. The van der Waals surface area contributed by atoms with E-state index in [9.17, 15) is 9.59 Å². The van der Waals surface area contributed by atoms with Crippen LogP contribution in [-0.4, -0.2) is 38.3 Å². The Bertz CT molecular complexity index is 1100. The van der Waals surface area contributed by atoms with E-state index < -0.39 is 0 Å². The fourth-order valence-electron chi connectivity index (χ4n) is 2.87. The number of carbonyl (C=O) groups excluding carboxylic acids is 1. The maximum absolute atomic E-state index is 12.8. The van der Waals surface area contributed by atoms with Crippen molar-refractivity contribution < 1.29 is 4.79 Å². The summed E-state index contributed by atoms with van der Waals surface area (Å²) in [6.07, 6.45) is 0. The van der Waals surface area contributed by atoms with Crippen molar-refractivity contribution in [2.75, 3.05) is 12.8 Å². The first kappa shape index (κ1) is 16.5. The van der Waals surface area contributed by atoms with Crippen LogP contribution in [0.2, 0.25) is 0 Å². The maximum Gasteiger partial charge on any atom is 0.265 e. The number of aryl methyl sites for hydroxylation is 1. The van der Waals surface area contributed by atoms with E-state index in [2.05, 4.69) is 9.98 Å². The van der Waals surface area contributed by atoms with Gasteiger partial charge in [0.2, 0.25) is 5.91 Å². The molecule has 0 radical (unpaired) electrons. The van der Waals surface area contributed by atoms with Gasteiger partial charge in [0, 0.05) is 7.05 Å². The van der Waals surface area contributed by atoms with Gasteiger partial charge in [0.05, 0.1) is 28.0 Å². The van der Waals surface area contributed by atoms with Crippen molar-refractivity contribution in [3.05, 3.63) is 64.7 Å². The maximum atomic E-state index is 12.8. The van der Waals surface area contributed by atoms with Gasteiger partial charge >= 0.3 is 0 Å². The second kappa shape index (κ2) is 6.42. The third kappa shape index (κ3) is 2.80. The Hall–Kier alpha value is -2.93. The van der Waals surface area contributed by atoms with E-state index in [1.807, 2.05) is 49.4 Å². The van der Waals surface area contributed by atoms with E-state index in [4.69, 9.17) is 0 Å². The predicted octanol–water partition coefficient (Wildman–Crippen LogP) is 2.89. The number of hydrogen-bond acceptors (Lipinski definition) is 5. The number of carbonyl (C=O) groups is 1. The van der Waals surface area contributed by atoms with Gasteiger partial charge in [-0.05, 0) is 43.3 Å². The lowest BCUT2D eigenvalue weighted by atomic mass is 10.2. The van der Waals surface area contributed by atoms with Gasteiger partial charge in [-0.25, -0.2) is 9.98 Å². The van der Waals surface area contributed by atoms with Gasteiger partial charge in [0.1, 0.15) is 5.82 Å². The molecule has 2 aromatic carbocycles. The molecule has 0 N–H and O–H groups in total. The number of amides is 1. The van der Waals surface area contributed by atoms with Crippen molar-refractivity contribution in [1.82, 2.24) is 14.5 Å². The lowest BCUT2D eigenvalue weighted by Crippen LogP contribution is -2.24. The van der Waals surface area contributed by atoms with Crippen molar-refractivity contribution in [2.24, 2.45) is 4.99 Å². The molecule has 7 heteroatoms. The largest absolute Gasteiger partial charge is 0.294 e. The summed E-state index contributed by atoms with van der Waals surface area (Å²) >= 11 is 1.42. The molecule has 1 fully saturated rings. The number of rotatable bonds is 2. The highest BCUT2D eigenvalue weighted by molar-refractivity contribution is 8.15. The van der Waals surface area contributed by atoms with E-state index in [1.165, 1.54) is 11.8 Å². The molecular formula is C19H16N4O2S. The smallest absolute Gasteiger partial charge is 0.265 e. The summed E-state index contributed by atoms with van der Waals surface area (Å²) in [6, 6.07) is 14.7. The number of nitrogens with zero attached hydrogens (tertiary/aromatic N) is 4. The third-order valence-corrected chi connectivity index (χ3v) is 5.28. The van der Waals surface area contributed by atoms with Crippen LogP contribution < -0.4 is 5.56 Å². The molecule has 6 nitrogen and oxygen atoms in total. The summed E-state index contributed by atoms with van der Waals surface area (Å²) in [5.74, 6) is 1.10. The molecule has 0 atom stereocenters. The van der Waals surface area contributed by atoms with Gasteiger partial charge < -0.3 is 0 Å². The van der Waals surface area contributed by atoms with Gasteiger partial charge in [-0.1, -0.05) is 23.9 Å². The highest BCUT2D eigenvalue weighted by Crippen LogP contribution is 2.23. The number of hydrogen-bond donors (Lipinski definition) is 0. The molecule has 1 saturated heterocycles. The lowest BCUT2D eigenvalue weighted by molar-refractivity contribution is -0.123. The van der Waals surface area contributed by atoms with Crippen LogP contribution in [0.1, 0.15) is 5.82 Å². The van der Waals surface area contributed by atoms with Crippen LogP contribution in [0, 0.1) is 6.92 Å². The van der Waals surface area contributed by atoms with E-state index in [0.717, 1.165) is 11.4 Å². The molecule has 0 aliphatic carbocycles. The summed E-state index contributed by atoms with van der Waals surface area (Å²) in [6.45, 7) is 1.82. The molecule has 4 rings (SSSR count). The van der Waals surface area contributed by atoms with Gasteiger partial charge in [-0.15, -0.1) is 0 Å². The summed E-state index contributed by atoms with van der Waals surface area (Å²) in [4.78, 5) is 35.0. The first-order chi connectivity index (χ1) is 12.5. The minimum Gasteiger partial charge on any atom is -0.294 e. The minimum absolute atomic E-state index is 0.0507. The van der Waals surface area contributed by atoms with Gasteiger partial charge in [0.15, 0.2) is 5.17 Å². The van der Waals surface area contributed by atoms with Crippen molar-refractivity contribution in [2.45, 2.75) is 6.92 Å². The molecule has 130 valence electrons. The van der Waals surface area contributed by atoms with Crippen molar-refractivity contribution in [3.8, 4) is 5.69 Å². The summed E-state index contributed by atoms with van der Waals surface area (Å²) in [7, 11) is 1.72. The molecule has 3 aromatic rings. The molecule has 26 heavy (non-hydrogen) atoms. The number of benzene rings is 2. The standard InChI is InChI=1S/C19H16N4O2S/c1-12-20-16-6-4-3-5-15(16)18(25)23(12)14-9-7-13(8-10-14)21-19-22(2)17(24)11-26-19/h3-10H,11H2,1-2H3. The normalized spacial score (nSPS) is 16.0. The number of aromatic nitrogens is 2. The number of para-hydroxylation sites is 1. The van der Waals surface area contributed by atoms with Gasteiger partial charge in [-0.3, -0.25) is 19.1 Å². The van der Waals surface area contributed by atoms with Crippen LogP contribution in [-0.2, 0) is 4.79 Å². The fraction of sp³-hybridized carbons (Fsp3) is 0.158. The SMILES string of the molecule is Cc1nc2ccccc2c(=O)n1-c1ccc(N=C2SCC(=O)N2C)cc1. The van der Waals surface area contributed by atoms with Gasteiger partial charge in [0.25, 0.3) is 5.56 Å². The summed E-state index contributed by atoms with van der Waals surface area (Å²) in [5.41, 5.74) is 2.07. The number of aliphatic imine (C=N–C) groups is 1. The topological polar surface area (TPSA) is 67.6 Å². The average Bonchev–Trinajstić information content (AvgIpc) is 2.95. The quantitative estimate of drug-likeness (QED) is 0.701. The minimum atomic E-state index is -0.0937. The highest BCUT2D eigenvalue weighted by atomic mass is 32.2. The molecule has 0 spiro atoms. The predicted molar refractivity (Wildman–Crippen MR) is 104 cm³/mol. The summed E-state index contributed by atoms with van der Waals surface area (Å²) < 4.78 is 1.60. The zero-order valence-corrected chi connectivity index (χ0v) is 15.2. The molecular weight excluding hydrogens is 348 g/mol. The Labute approximate surface area is 154 Å². The van der Waals surface area contributed by atoms with Gasteiger partial charge in [-0.2, -0.15) is 0 Å². The Kier molecular flexibility index (Phi) is 4.08. The molecule has 0 unspecified atom stereocenters. The van der Waals surface area contributed by atoms with E-state index in [-0.39, 0.29) is 11.5 Å². The van der Waals surface area contributed by atoms with E-state index in [0.29, 0.717) is 27.6 Å². The van der Waals surface area contributed by atoms with Crippen LogP contribution in [0.25, 0.3) is 16.6 Å². The second-order valence-corrected chi connectivity index (χ2v) is 6.91. The molecule has 1 aliphatic heterocycles. The van der Waals surface area contributed by atoms with Crippen molar-refractivity contribution in [3.63, 3.8) is 0 Å². The average molecular weight is 364 g/mol. The van der Waals surface area contributed by atoms with E-state index >= 15 is 0 Å². The highest BCUT2D eigenvalue weighted by Gasteiger charge is 2.24. The molecule has 1 amide bonds. The number of amidine groups is 1. The van der Waals surface area contributed by atoms with Crippen LogP contribution in [0.4, 0.5) is 5.69 Å².